The van der Waals surface area contributed by atoms with Crippen molar-refractivity contribution in [2.45, 2.75) is 18.4 Å². The van der Waals surface area contributed by atoms with Crippen molar-refractivity contribution < 1.29 is 9.53 Å². The molecule has 5 nitrogen and oxygen atoms in total. The molecular weight excluding hydrogens is 370 g/mol. The Kier molecular flexibility index (Phi) is 5.30. The van der Waals surface area contributed by atoms with E-state index in [-0.39, 0.29) is 5.91 Å². The van der Waals surface area contributed by atoms with Gasteiger partial charge in [0.05, 0.1) is 12.9 Å². The summed E-state index contributed by atoms with van der Waals surface area (Å²) in [6.45, 7) is 2.69. The fourth-order valence-electron chi connectivity index (χ4n) is 3.29. The first kappa shape index (κ1) is 18.5. The summed E-state index contributed by atoms with van der Waals surface area (Å²) in [4.78, 5) is 23.8. The summed E-state index contributed by atoms with van der Waals surface area (Å²) in [5, 5.41) is 0.805. The number of hydrogen-bond acceptors (Lipinski definition) is 5. The van der Waals surface area contributed by atoms with Crippen molar-refractivity contribution in [2.24, 2.45) is 0 Å². The normalized spacial score (nSPS) is 12.7. The summed E-state index contributed by atoms with van der Waals surface area (Å²) in [6, 6.07) is 17.7. The van der Waals surface area contributed by atoms with Gasteiger partial charge in [-0.1, -0.05) is 30.0 Å². The molecule has 0 fully saturated rings. The lowest BCUT2D eigenvalue weighted by molar-refractivity contribution is -0.116. The number of aryl methyl sites for hydroxylation is 1. The summed E-state index contributed by atoms with van der Waals surface area (Å²) in [5.41, 5.74) is 4.07. The lowest BCUT2D eigenvalue weighted by Crippen LogP contribution is -2.30. The van der Waals surface area contributed by atoms with Gasteiger partial charge in [0, 0.05) is 23.5 Å². The van der Waals surface area contributed by atoms with E-state index in [1.54, 1.807) is 7.11 Å². The molecule has 142 valence electrons. The van der Waals surface area contributed by atoms with Crippen molar-refractivity contribution in [3.05, 3.63) is 65.9 Å². The number of rotatable bonds is 5. The van der Waals surface area contributed by atoms with Crippen LogP contribution < -0.4 is 9.64 Å². The third kappa shape index (κ3) is 3.87. The van der Waals surface area contributed by atoms with E-state index < -0.39 is 0 Å². The summed E-state index contributed by atoms with van der Waals surface area (Å²) >= 11 is 1.45. The standard InChI is InChI=1S/C22H21N3O2S/c1-15-13-20(24-22(23-15)17-7-9-18(27-2)10-8-17)28-14-21(26)25-12-11-16-5-3-4-6-19(16)25/h3-10,13H,11-12,14H2,1-2H3. The zero-order valence-corrected chi connectivity index (χ0v) is 16.7. The van der Waals surface area contributed by atoms with Crippen LogP contribution in [-0.4, -0.2) is 35.3 Å². The zero-order valence-electron chi connectivity index (χ0n) is 15.9. The average molecular weight is 391 g/mol. The Morgan fingerprint density at radius 1 is 1.14 bits per heavy atom. The number of carbonyl (C=O) groups excluding carboxylic acids is 1. The number of fused-ring (bicyclic) bond motifs is 1. The fourth-order valence-corrected chi connectivity index (χ4v) is 4.13. The molecule has 0 unspecified atom stereocenters. The number of ether oxygens (including phenoxy) is 1. The highest BCUT2D eigenvalue weighted by molar-refractivity contribution is 7.99. The molecule has 0 saturated carbocycles. The molecule has 0 N–H and O–H groups in total. The van der Waals surface area contributed by atoms with Crippen LogP contribution in [-0.2, 0) is 11.2 Å². The molecule has 1 amide bonds. The molecule has 2 aromatic carbocycles. The Morgan fingerprint density at radius 3 is 2.71 bits per heavy atom. The maximum Gasteiger partial charge on any atom is 0.237 e. The number of aromatic nitrogens is 2. The van der Waals surface area contributed by atoms with Gasteiger partial charge in [0.2, 0.25) is 5.91 Å². The van der Waals surface area contributed by atoms with Gasteiger partial charge in [0.1, 0.15) is 10.8 Å². The molecule has 0 radical (unpaired) electrons. The predicted octanol–water partition coefficient (Wildman–Crippen LogP) is 4.14. The molecule has 1 aromatic heterocycles. The highest BCUT2D eigenvalue weighted by Gasteiger charge is 2.24. The van der Waals surface area contributed by atoms with Crippen LogP contribution in [0.2, 0.25) is 0 Å². The zero-order chi connectivity index (χ0) is 19.5. The maximum atomic E-state index is 12.7. The lowest BCUT2D eigenvalue weighted by Gasteiger charge is -2.17. The minimum Gasteiger partial charge on any atom is -0.497 e. The number of methoxy groups -OCH3 is 1. The Hall–Kier alpha value is -2.86. The lowest BCUT2D eigenvalue weighted by atomic mass is 10.2. The molecule has 0 bridgehead atoms. The van der Waals surface area contributed by atoms with E-state index in [0.717, 1.165) is 40.7 Å². The second-order valence-electron chi connectivity index (χ2n) is 6.61. The van der Waals surface area contributed by atoms with Gasteiger partial charge in [0.25, 0.3) is 0 Å². The molecule has 3 aromatic rings. The minimum absolute atomic E-state index is 0.109. The van der Waals surface area contributed by atoms with E-state index in [1.165, 1.54) is 17.3 Å². The predicted molar refractivity (Wildman–Crippen MR) is 112 cm³/mol. The number of anilines is 1. The van der Waals surface area contributed by atoms with Crippen LogP contribution in [0.3, 0.4) is 0 Å². The first-order valence-electron chi connectivity index (χ1n) is 9.15. The summed E-state index contributed by atoms with van der Waals surface area (Å²) < 4.78 is 5.20. The quantitative estimate of drug-likeness (QED) is 0.483. The van der Waals surface area contributed by atoms with Crippen LogP contribution in [0.15, 0.2) is 59.6 Å². The van der Waals surface area contributed by atoms with Crippen LogP contribution in [0.4, 0.5) is 5.69 Å². The van der Waals surface area contributed by atoms with Crippen LogP contribution in [0.25, 0.3) is 11.4 Å². The molecule has 2 heterocycles. The highest BCUT2D eigenvalue weighted by atomic mass is 32.2. The van der Waals surface area contributed by atoms with Gasteiger partial charge in [-0.25, -0.2) is 9.97 Å². The van der Waals surface area contributed by atoms with E-state index in [9.17, 15) is 4.79 Å². The fraction of sp³-hybridized carbons (Fsp3) is 0.227. The Labute approximate surface area is 168 Å². The van der Waals surface area contributed by atoms with Crippen molar-refractivity contribution in [1.29, 1.82) is 0 Å². The van der Waals surface area contributed by atoms with Gasteiger partial charge in [-0.3, -0.25) is 4.79 Å². The van der Waals surface area contributed by atoms with Gasteiger partial charge in [0.15, 0.2) is 5.82 Å². The number of benzene rings is 2. The number of amides is 1. The van der Waals surface area contributed by atoms with Gasteiger partial charge in [-0.05, 0) is 55.3 Å². The van der Waals surface area contributed by atoms with E-state index in [1.807, 2.05) is 60.4 Å². The molecule has 4 rings (SSSR count). The number of para-hydroxylation sites is 1. The van der Waals surface area contributed by atoms with E-state index in [2.05, 4.69) is 16.0 Å². The van der Waals surface area contributed by atoms with Gasteiger partial charge >= 0.3 is 0 Å². The molecule has 0 spiro atoms. The van der Waals surface area contributed by atoms with Crippen molar-refractivity contribution >= 4 is 23.4 Å². The molecule has 1 aliphatic rings. The van der Waals surface area contributed by atoms with Crippen LogP contribution in [0, 0.1) is 6.92 Å². The topological polar surface area (TPSA) is 55.3 Å². The summed E-state index contributed by atoms with van der Waals surface area (Å²) in [7, 11) is 1.64. The van der Waals surface area contributed by atoms with Crippen molar-refractivity contribution in [1.82, 2.24) is 9.97 Å². The number of nitrogens with zero attached hydrogens (tertiary/aromatic N) is 3. The van der Waals surface area contributed by atoms with Crippen molar-refractivity contribution in [2.75, 3.05) is 24.3 Å². The second kappa shape index (κ2) is 8.02. The van der Waals surface area contributed by atoms with E-state index in [0.29, 0.717) is 11.6 Å². The number of carbonyl (C=O) groups is 1. The van der Waals surface area contributed by atoms with Gasteiger partial charge in [-0.2, -0.15) is 0 Å². The first-order valence-corrected chi connectivity index (χ1v) is 10.1. The molecule has 6 heteroatoms. The van der Waals surface area contributed by atoms with Crippen molar-refractivity contribution in [3.8, 4) is 17.1 Å². The molecule has 0 atom stereocenters. The second-order valence-corrected chi connectivity index (χ2v) is 7.61. The number of thioether (sulfide) groups is 1. The smallest absolute Gasteiger partial charge is 0.237 e. The Balaban J connectivity index is 1.48. The van der Waals surface area contributed by atoms with E-state index in [4.69, 9.17) is 4.74 Å². The van der Waals surface area contributed by atoms with Crippen molar-refractivity contribution in [3.63, 3.8) is 0 Å². The molecule has 1 aliphatic heterocycles. The maximum absolute atomic E-state index is 12.7. The number of hydrogen-bond donors (Lipinski definition) is 0. The van der Waals surface area contributed by atoms with Gasteiger partial charge in [-0.15, -0.1) is 0 Å². The summed E-state index contributed by atoms with van der Waals surface area (Å²) in [6.07, 6.45) is 0.917. The third-order valence-corrected chi connectivity index (χ3v) is 5.61. The Morgan fingerprint density at radius 2 is 1.93 bits per heavy atom. The van der Waals surface area contributed by atoms with Crippen LogP contribution in [0.1, 0.15) is 11.3 Å². The molecular formula is C22H21N3O2S. The van der Waals surface area contributed by atoms with E-state index >= 15 is 0 Å². The molecule has 0 saturated heterocycles. The third-order valence-electron chi connectivity index (χ3n) is 4.71. The van der Waals surface area contributed by atoms with Crippen LogP contribution in [0.5, 0.6) is 5.75 Å². The average Bonchev–Trinajstić information content (AvgIpc) is 3.16. The monoisotopic (exact) mass is 391 g/mol. The SMILES string of the molecule is COc1ccc(-c2nc(C)cc(SCC(=O)N3CCc4ccccc43)n2)cc1. The Bertz CT molecular complexity index is 1000. The van der Waals surface area contributed by atoms with Gasteiger partial charge < -0.3 is 9.64 Å². The largest absolute Gasteiger partial charge is 0.497 e. The molecule has 0 aliphatic carbocycles. The highest BCUT2D eigenvalue weighted by Crippen LogP contribution is 2.29. The molecule has 28 heavy (non-hydrogen) atoms. The first-order chi connectivity index (χ1) is 13.6. The minimum atomic E-state index is 0.109. The summed E-state index contributed by atoms with van der Waals surface area (Å²) in [5.74, 6) is 1.91. The van der Waals surface area contributed by atoms with Crippen LogP contribution >= 0.6 is 11.8 Å².